The van der Waals surface area contributed by atoms with E-state index in [-0.39, 0.29) is 5.91 Å². The topological polar surface area (TPSA) is 46.3 Å². The smallest absolute Gasteiger partial charge is 0.227 e. The predicted octanol–water partition coefficient (Wildman–Crippen LogP) is 3.06. The molecule has 0 heterocycles. The Labute approximate surface area is 114 Å². The standard InChI is InChI=1S/C16H22N2O/c1-18(15-5-3-2-4-14(15)17)16(19)10-13-9-11-6-7-12(13)8-11/h2-5,11-13H,6-10,17H2,1H3. The van der Waals surface area contributed by atoms with Gasteiger partial charge < -0.3 is 10.6 Å². The highest BCUT2D eigenvalue weighted by Gasteiger charge is 2.40. The Morgan fingerprint density at radius 2 is 2.11 bits per heavy atom. The minimum atomic E-state index is 0.204. The highest BCUT2D eigenvalue weighted by molar-refractivity contribution is 5.95. The van der Waals surface area contributed by atoms with Crippen molar-refractivity contribution in [2.24, 2.45) is 17.8 Å². The van der Waals surface area contributed by atoms with Crippen LogP contribution in [0.15, 0.2) is 24.3 Å². The number of nitrogens with zero attached hydrogens (tertiary/aromatic N) is 1. The van der Waals surface area contributed by atoms with Gasteiger partial charge in [-0.25, -0.2) is 0 Å². The maximum atomic E-state index is 12.4. The number of hydrogen-bond donors (Lipinski definition) is 1. The van der Waals surface area contributed by atoms with Crippen LogP contribution in [0.25, 0.3) is 0 Å². The van der Waals surface area contributed by atoms with E-state index in [9.17, 15) is 4.79 Å². The molecule has 2 fully saturated rings. The minimum Gasteiger partial charge on any atom is -0.397 e. The summed E-state index contributed by atoms with van der Waals surface area (Å²) in [5.41, 5.74) is 7.44. The number of carbonyl (C=O) groups is 1. The fourth-order valence-corrected chi connectivity index (χ4v) is 3.92. The molecule has 2 bridgehead atoms. The van der Waals surface area contributed by atoms with Gasteiger partial charge in [-0.3, -0.25) is 4.79 Å². The summed E-state index contributed by atoms with van der Waals surface area (Å²) in [6.07, 6.45) is 6.02. The summed E-state index contributed by atoms with van der Waals surface area (Å²) in [5, 5.41) is 0. The zero-order valence-electron chi connectivity index (χ0n) is 11.5. The Hall–Kier alpha value is -1.51. The molecule has 3 unspecified atom stereocenters. The molecule has 1 aromatic carbocycles. The molecule has 2 saturated carbocycles. The normalized spacial score (nSPS) is 28.6. The van der Waals surface area contributed by atoms with Crippen LogP contribution in [0.3, 0.4) is 0 Å². The lowest BCUT2D eigenvalue weighted by molar-refractivity contribution is -0.119. The number of nitrogen functional groups attached to an aromatic ring is 1. The molecule has 3 heteroatoms. The van der Waals surface area contributed by atoms with E-state index >= 15 is 0 Å². The molecule has 102 valence electrons. The molecule has 0 saturated heterocycles. The van der Waals surface area contributed by atoms with E-state index in [1.807, 2.05) is 31.3 Å². The number of fused-ring (bicyclic) bond motifs is 2. The molecule has 1 amide bonds. The molecule has 2 N–H and O–H groups in total. The van der Waals surface area contributed by atoms with E-state index in [0.717, 1.165) is 17.5 Å². The molecular weight excluding hydrogens is 236 g/mol. The fourth-order valence-electron chi connectivity index (χ4n) is 3.92. The second-order valence-electron chi connectivity index (χ2n) is 6.15. The Balaban J connectivity index is 1.66. The zero-order valence-corrected chi connectivity index (χ0v) is 11.5. The average molecular weight is 258 g/mol. The number of carbonyl (C=O) groups excluding carboxylic acids is 1. The Morgan fingerprint density at radius 1 is 1.32 bits per heavy atom. The van der Waals surface area contributed by atoms with Crippen molar-refractivity contribution < 1.29 is 4.79 Å². The number of nitrogens with two attached hydrogens (primary N) is 1. The molecule has 3 rings (SSSR count). The number of rotatable bonds is 3. The second-order valence-corrected chi connectivity index (χ2v) is 6.15. The third-order valence-corrected chi connectivity index (χ3v) is 4.99. The van der Waals surface area contributed by atoms with Gasteiger partial charge in [-0.2, -0.15) is 0 Å². The van der Waals surface area contributed by atoms with Crippen LogP contribution in [0, 0.1) is 17.8 Å². The molecule has 0 aromatic heterocycles. The van der Waals surface area contributed by atoms with Gasteiger partial charge in [0.25, 0.3) is 0 Å². The van der Waals surface area contributed by atoms with Gasteiger partial charge in [0.05, 0.1) is 11.4 Å². The molecular formula is C16H22N2O. The highest BCUT2D eigenvalue weighted by Crippen LogP contribution is 2.49. The largest absolute Gasteiger partial charge is 0.397 e. The lowest BCUT2D eigenvalue weighted by Gasteiger charge is -2.25. The first-order chi connectivity index (χ1) is 9.15. The number of benzene rings is 1. The minimum absolute atomic E-state index is 0.204. The molecule has 3 nitrogen and oxygen atoms in total. The van der Waals surface area contributed by atoms with Crippen molar-refractivity contribution in [3.05, 3.63) is 24.3 Å². The molecule has 0 radical (unpaired) electrons. The van der Waals surface area contributed by atoms with E-state index < -0.39 is 0 Å². The summed E-state index contributed by atoms with van der Waals surface area (Å²) < 4.78 is 0. The first-order valence-electron chi connectivity index (χ1n) is 7.26. The maximum absolute atomic E-state index is 12.4. The van der Waals surface area contributed by atoms with Crippen molar-refractivity contribution in [3.8, 4) is 0 Å². The molecule has 2 aliphatic carbocycles. The third-order valence-electron chi connectivity index (χ3n) is 4.99. The number of hydrogen-bond acceptors (Lipinski definition) is 2. The first kappa shape index (κ1) is 12.5. The number of amides is 1. The third kappa shape index (κ3) is 2.34. The van der Waals surface area contributed by atoms with Gasteiger partial charge in [-0.05, 0) is 49.1 Å². The SMILES string of the molecule is CN(C(=O)CC1CC2CCC1C2)c1ccccc1N. The van der Waals surface area contributed by atoms with Crippen molar-refractivity contribution in [3.63, 3.8) is 0 Å². The Bertz CT molecular complexity index is 485. The average Bonchev–Trinajstić information content (AvgIpc) is 3.00. The molecule has 1 aromatic rings. The van der Waals surface area contributed by atoms with Crippen LogP contribution in [-0.4, -0.2) is 13.0 Å². The lowest BCUT2D eigenvalue weighted by Crippen LogP contribution is -2.30. The van der Waals surface area contributed by atoms with Gasteiger partial charge in [-0.1, -0.05) is 18.6 Å². The quantitative estimate of drug-likeness (QED) is 0.847. The summed E-state index contributed by atoms with van der Waals surface area (Å²) in [5.74, 6) is 2.51. The van der Waals surface area contributed by atoms with Gasteiger partial charge in [0.15, 0.2) is 0 Å². The molecule has 19 heavy (non-hydrogen) atoms. The predicted molar refractivity (Wildman–Crippen MR) is 77.8 cm³/mol. The van der Waals surface area contributed by atoms with Crippen molar-refractivity contribution >= 4 is 17.3 Å². The van der Waals surface area contributed by atoms with Crippen LogP contribution >= 0.6 is 0 Å². The summed E-state index contributed by atoms with van der Waals surface area (Å²) in [4.78, 5) is 14.1. The van der Waals surface area contributed by atoms with Crippen LogP contribution in [0.4, 0.5) is 11.4 Å². The molecule has 3 atom stereocenters. The zero-order chi connectivity index (χ0) is 13.4. The summed E-state index contributed by atoms with van der Waals surface area (Å²) in [6, 6.07) is 7.57. The van der Waals surface area contributed by atoms with Crippen molar-refractivity contribution in [2.45, 2.75) is 32.1 Å². The first-order valence-corrected chi connectivity index (χ1v) is 7.26. The van der Waals surface area contributed by atoms with Gasteiger partial charge in [0.1, 0.15) is 0 Å². The van der Waals surface area contributed by atoms with Crippen LogP contribution in [-0.2, 0) is 4.79 Å². The van der Waals surface area contributed by atoms with Crippen molar-refractivity contribution in [1.29, 1.82) is 0 Å². The monoisotopic (exact) mass is 258 g/mol. The number of para-hydroxylation sites is 2. The van der Waals surface area contributed by atoms with Gasteiger partial charge in [-0.15, -0.1) is 0 Å². The van der Waals surface area contributed by atoms with Gasteiger partial charge in [0.2, 0.25) is 5.91 Å². The van der Waals surface area contributed by atoms with E-state index in [1.165, 1.54) is 25.7 Å². The van der Waals surface area contributed by atoms with Gasteiger partial charge >= 0.3 is 0 Å². The fraction of sp³-hybridized carbons (Fsp3) is 0.562. The summed E-state index contributed by atoms with van der Waals surface area (Å²) in [7, 11) is 1.83. The summed E-state index contributed by atoms with van der Waals surface area (Å²) >= 11 is 0. The highest BCUT2D eigenvalue weighted by atomic mass is 16.2. The molecule has 2 aliphatic rings. The van der Waals surface area contributed by atoms with Crippen molar-refractivity contribution in [1.82, 2.24) is 0 Å². The van der Waals surface area contributed by atoms with Crippen LogP contribution in [0.2, 0.25) is 0 Å². The van der Waals surface area contributed by atoms with Crippen LogP contribution in [0.1, 0.15) is 32.1 Å². The molecule has 0 aliphatic heterocycles. The van der Waals surface area contributed by atoms with Crippen molar-refractivity contribution in [2.75, 3.05) is 17.7 Å². The Kier molecular flexibility index (Phi) is 3.21. The Morgan fingerprint density at radius 3 is 2.74 bits per heavy atom. The lowest BCUT2D eigenvalue weighted by atomic mass is 9.86. The van der Waals surface area contributed by atoms with E-state index in [2.05, 4.69) is 0 Å². The van der Waals surface area contributed by atoms with E-state index in [0.29, 0.717) is 18.0 Å². The van der Waals surface area contributed by atoms with Crippen LogP contribution < -0.4 is 10.6 Å². The van der Waals surface area contributed by atoms with E-state index in [4.69, 9.17) is 5.73 Å². The maximum Gasteiger partial charge on any atom is 0.227 e. The molecule has 0 spiro atoms. The van der Waals surface area contributed by atoms with Crippen LogP contribution in [0.5, 0.6) is 0 Å². The number of anilines is 2. The second kappa shape index (κ2) is 4.87. The van der Waals surface area contributed by atoms with Gasteiger partial charge in [0, 0.05) is 13.5 Å². The summed E-state index contributed by atoms with van der Waals surface area (Å²) in [6.45, 7) is 0. The van der Waals surface area contributed by atoms with E-state index in [1.54, 1.807) is 4.90 Å².